The average molecular weight is 452 g/mol. The molecule has 0 radical (unpaired) electrons. The van der Waals surface area contributed by atoms with Crippen LogP contribution in [0.2, 0.25) is 0 Å². The van der Waals surface area contributed by atoms with Crippen molar-refractivity contribution in [2.24, 2.45) is 0 Å². The number of benzene rings is 2. The second kappa shape index (κ2) is 9.90. The zero-order valence-electron chi connectivity index (χ0n) is 19.8. The molecule has 0 aliphatic rings. The highest BCUT2D eigenvalue weighted by Crippen LogP contribution is 2.25. The van der Waals surface area contributed by atoms with Crippen LogP contribution in [-0.4, -0.2) is 25.1 Å². The van der Waals surface area contributed by atoms with E-state index in [2.05, 4.69) is 5.32 Å². The first kappa shape index (κ1) is 24.0. The number of rotatable bonds is 7. The molecular weight excluding hydrogens is 422 g/mol. The van der Waals surface area contributed by atoms with Gasteiger partial charge in [0.1, 0.15) is 11.3 Å². The van der Waals surface area contributed by atoms with Crippen molar-refractivity contribution < 1.29 is 23.5 Å². The quantitative estimate of drug-likeness (QED) is 0.419. The van der Waals surface area contributed by atoms with Crippen LogP contribution in [0.5, 0.6) is 5.75 Å². The van der Waals surface area contributed by atoms with E-state index in [1.54, 1.807) is 12.1 Å². The fourth-order valence-electron chi connectivity index (χ4n) is 3.93. The molecule has 7 nitrogen and oxygen atoms in total. The third kappa shape index (κ3) is 5.42. The highest BCUT2D eigenvalue weighted by Gasteiger charge is 2.20. The maximum atomic E-state index is 12.6. The first-order valence-electron chi connectivity index (χ1n) is 10.8. The highest BCUT2D eigenvalue weighted by molar-refractivity contribution is 5.96. The number of carbonyl (C=O) groups is 2. The minimum absolute atomic E-state index is 0.0481. The molecule has 0 bridgehead atoms. The van der Waals surface area contributed by atoms with Crippen molar-refractivity contribution >= 4 is 28.5 Å². The van der Waals surface area contributed by atoms with Gasteiger partial charge in [-0.3, -0.25) is 9.59 Å². The van der Waals surface area contributed by atoms with Crippen LogP contribution >= 0.6 is 0 Å². The van der Waals surface area contributed by atoms with Crippen LogP contribution < -0.4 is 15.7 Å². The zero-order chi connectivity index (χ0) is 24.3. The second-order valence-electron chi connectivity index (χ2n) is 8.25. The zero-order valence-corrected chi connectivity index (χ0v) is 19.8. The summed E-state index contributed by atoms with van der Waals surface area (Å²) in [6, 6.07) is 9.21. The van der Waals surface area contributed by atoms with Crippen molar-refractivity contribution in [1.82, 2.24) is 0 Å². The number of anilines is 1. The van der Waals surface area contributed by atoms with Gasteiger partial charge in [-0.2, -0.15) is 0 Å². The van der Waals surface area contributed by atoms with Crippen LogP contribution in [0.25, 0.3) is 11.0 Å². The maximum Gasteiger partial charge on any atom is 0.339 e. The van der Waals surface area contributed by atoms with E-state index >= 15 is 0 Å². The van der Waals surface area contributed by atoms with Gasteiger partial charge in [-0.25, -0.2) is 4.79 Å². The fraction of sp³-hybridized carbons (Fsp3) is 0.346. The van der Waals surface area contributed by atoms with E-state index in [9.17, 15) is 14.4 Å². The minimum atomic E-state index is -0.973. The van der Waals surface area contributed by atoms with E-state index in [0.717, 1.165) is 33.3 Å². The van der Waals surface area contributed by atoms with Gasteiger partial charge < -0.3 is 19.2 Å². The number of fused-ring (bicyclic) bond motifs is 1. The number of amides is 1. The van der Waals surface area contributed by atoms with Crippen molar-refractivity contribution in [2.75, 3.05) is 12.4 Å². The van der Waals surface area contributed by atoms with Gasteiger partial charge in [0.05, 0.1) is 7.11 Å². The molecule has 7 heteroatoms. The van der Waals surface area contributed by atoms with Crippen molar-refractivity contribution in [3.8, 4) is 5.75 Å². The summed E-state index contributed by atoms with van der Waals surface area (Å²) >= 11 is 0. The first-order chi connectivity index (χ1) is 15.6. The molecule has 174 valence electrons. The van der Waals surface area contributed by atoms with Crippen LogP contribution in [0.1, 0.15) is 41.2 Å². The predicted octanol–water partition coefficient (Wildman–Crippen LogP) is 4.54. The number of ether oxygens (including phenoxy) is 2. The van der Waals surface area contributed by atoms with Crippen LogP contribution in [-0.2, 0) is 20.7 Å². The van der Waals surface area contributed by atoms with Gasteiger partial charge in [0.2, 0.25) is 0 Å². The lowest BCUT2D eigenvalue weighted by Crippen LogP contribution is -2.30. The molecule has 0 saturated heterocycles. The molecule has 3 rings (SSSR count). The summed E-state index contributed by atoms with van der Waals surface area (Å²) in [6.07, 6.45) is -0.869. The van der Waals surface area contributed by atoms with Gasteiger partial charge in [0, 0.05) is 29.1 Å². The number of esters is 1. The molecule has 0 saturated carbocycles. The number of hydrogen-bond donors (Lipinski definition) is 1. The number of aryl methyl sites for hydroxylation is 4. The molecule has 1 N–H and O–H groups in total. The maximum absolute atomic E-state index is 12.6. The Hall–Kier alpha value is -3.61. The molecule has 0 fully saturated rings. The Balaban J connectivity index is 1.65. The first-order valence-corrected chi connectivity index (χ1v) is 10.8. The van der Waals surface area contributed by atoms with Gasteiger partial charge in [0.25, 0.3) is 5.91 Å². The van der Waals surface area contributed by atoms with E-state index in [1.165, 1.54) is 14.0 Å². The Morgan fingerprint density at radius 2 is 1.73 bits per heavy atom. The molecule has 1 atom stereocenters. The molecule has 3 aromatic rings. The lowest BCUT2D eigenvalue weighted by Gasteiger charge is -2.17. The van der Waals surface area contributed by atoms with Crippen molar-refractivity contribution in [2.45, 2.75) is 53.6 Å². The van der Waals surface area contributed by atoms with Gasteiger partial charge in [0.15, 0.2) is 6.10 Å². The number of nitrogens with one attached hydrogen (secondary N) is 1. The minimum Gasteiger partial charge on any atom is -0.497 e. The summed E-state index contributed by atoms with van der Waals surface area (Å²) in [6.45, 7) is 9.16. The Morgan fingerprint density at radius 1 is 1.06 bits per heavy atom. The van der Waals surface area contributed by atoms with Gasteiger partial charge in [-0.1, -0.05) is 17.7 Å². The fourth-order valence-corrected chi connectivity index (χ4v) is 3.93. The number of methoxy groups -OCH3 is 1. The summed E-state index contributed by atoms with van der Waals surface area (Å²) < 4.78 is 15.9. The van der Waals surface area contributed by atoms with Gasteiger partial charge >= 0.3 is 11.6 Å². The molecule has 2 aromatic carbocycles. The average Bonchev–Trinajstić information content (AvgIpc) is 2.75. The van der Waals surface area contributed by atoms with E-state index in [1.807, 2.05) is 45.9 Å². The van der Waals surface area contributed by atoms with Crippen molar-refractivity contribution in [3.63, 3.8) is 0 Å². The molecule has 0 spiro atoms. The molecule has 0 aliphatic carbocycles. The smallest absolute Gasteiger partial charge is 0.339 e. The van der Waals surface area contributed by atoms with Crippen LogP contribution in [0.4, 0.5) is 5.69 Å². The Morgan fingerprint density at radius 3 is 2.36 bits per heavy atom. The lowest BCUT2D eigenvalue weighted by molar-refractivity contribution is -0.153. The Bertz CT molecular complexity index is 1250. The van der Waals surface area contributed by atoms with Crippen LogP contribution in [0.3, 0.4) is 0 Å². The van der Waals surface area contributed by atoms with Crippen molar-refractivity contribution in [1.29, 1.82) is 0 Å². The summed E-state index contributed by atoms with van der Waals surface area (Å²) in [5.74, 6) is -0.387. The number of hydrogen-bond acceptors (Lipinski definition) is 6. The van der Waals surface area contributed by atoms with E-state index in [-0.39, 0.29) is 12.8 Å². The van der Waals surface area contributed by atoms with E-state index in [0.29, 0.717) is 16.9 Å². The normalized spacial score (nSPS) is 11.8. The largest absolute Gasteiger partial charge is 0.497 e. The lowest BCUT2D eigenvalue weighted by atomic mass is 10.0. The SMILES string of the molecule is COc1ccc2c(C)c(CCC(=O)OC(C)C(=O)Nc3c(C)cc(C)cc3C)c(=O)oc2c1. The van der Waals surface area contributed by atoms with Gasteiger partial charge in [-0.05, 0) is 69.9 Å². The summed E-state index contributed by atoms with van der Waals surface area (Å²) in [5, 5.41) is 3.61. The van der Waals surface area contributed by atoms with Gasteiger partial charge in [-0.15, -0.1) is 0 Å². The molecule has 1 unspecified atom stereocenters. The molecule has 1 amide bonds. The van der Waals surface area contributed by atoms with E-state index in [4.69, 9.17) is 13.9 Å². The summed E-state index contributed by atoms with van der Waals surface area (Å²) in [5.41, 5.74) is 4.78. The molecule has 33 heavy (non-hydrogen) atoms. The second-order valence-corrected chi connectivity index (χ2v) is 8.25. The summed E-state index contributed by atoms with van der Waals surface area (Å²) in [4.78, 5) is 37.4. The summed E-state index contributed by atoms with van der Waals surface area (Å²) in [7, 11) is 1.54. The molecule has 1 aromatic heterocycles. The monoisotopic (exact) mass is 451 g/mol. The third-order valence-electron chi connectivity index (χ3n) is 5.68. The number of carbonyl (C=O) groups excluding carboxylic acids is 2. The third-order valence-corrected chi connectivity index (χ3v) is 5.68. The van der Waals surface area contributed by atoms with Crippen LogP contribution in [0, 0.1) is 27.7 Å². The Kier molecular flexibility index (Phi) is 7.21. The molecule has 1 heterocycles. The van der Waals surface area contributed by atoms with E-state index < -0.39 is 23.6 Å². The van der Waals surface area contributed by atoms with Crippen LogP contribution in [0.15, 0.2) is 39.5 Å². The standard InChI is InChI=1S/C26H29NO6/c1-14-11-15(2)24(16(3)12-14)27-25(29)18(5)32-23(28)10-9-21-17(4)20-8-7-19(31-6)13-22(20)33-26(21)30/h7-8,11-13,18H,9-10H2,1-6H3,(H,27,29). The highest BCUT2D eigenvalue weighted by atomic mass is 16.5. The molecule has 0 aliphatic heterocycles. The molecular formula is C26H29NO6. The Labute approximate surface area is 192 Å². The topological polar surface area (TPSA) is 94.8 Å². The van der Waals surface area contributed by atoms with Crippen molar-refractivity contribution in [3.05, 3.63) is 68.6 Å². The predicted molar refractivity (Wildman–Crippen MR) is 127 cm³/mol.